The first-order chi connectivity index (χ1) is 11.2. The fraction of sp³-hybridized carbons (Fsp3) is 0.375. The van der Waals surface area contributed by atoms with E-state index in [1.165, 1.54) is 0 Å². The van der Waals surface area contributed by atoms with E-state index in [9.17, 15) is 9.59 Å². The smallest absolute Gasteiger partial charge is 0.273 e. The van der Waals surface area contributed by atoms with Crippen LogP contribution in [0.2, 0.25) is 0 Å². The standard InChI is InChI=1S/C16H19N5O2/c22-15(20-10-4-5-11-20)8-9-17-16(23)14-12-21(19-18-14)13-6-2-1-3-7-13/h1-3,6-7,12H,4-5,8-11H2,(H,17,23). The minimum atomic E-state index is -0.318. The minimum absolute atomic E-state index is 0.0933. The molecule has 2 aromatic rings. The Balaban J connectivity index is 1.51. The zero-order chi connectivity index (χ0) is 16.1. The van der Waals surface area contributed by atoms with Crippen LogP contribution in [0.25, 0.3) is 5.69 Å². The Morgan fingerprint density at radius 3 is 2.61 bits per heavy atom. The Bertz CT molecular complexity index is 677. The Labute approximate surface area is 134 Å². The number of nitrogens with zero attached hydrogens (tertiary/aromatic N) is 4. The summed E-state index contributed by atoms with van der Waals surface area (Å²) in [5.74, 6) is -0.225. The lowest BCUT2D eigenvalue weighted by Crippen LogP contribution is -2.32. The van der Waals surface area contributed by atoms with Crippen LogP contribution in [0.15, 0.2) is 36.5 Å². The van der Waals surface area contributed by atoms with Crippen LogP contribution in [0.1, 0.15) is 29.8 Å². The monoisotopic (exact) mass is 313 g/mol. The number of benzene rings is 1. The molecule has 0 atom stereocenters. The first-order valence-corrected chi connectivity index (χ1v) is 7.78. The number of hydrogen-bond acceptors (Lipinski definition) is 4. The second kappa shape index (κ2) is 7.04. The molecule has 1 aromatic heterocycles. The Kier molecular flexibility index (Phi) is 4.65. The molecule has 2 heterocycles. The lowest BCUT2D eigenvalue weighted by Gasteiger charge is -2.14. The molecule has 0 spiro atoms. The van der Waals surface area contributed by atoms with Gasteiger partial charge in [0.2, 0.25) is 5.91 Å². The van der Waals surface area contributed by atoms with Crippen molar-refractivity contribution in [2.24, 2.45) is 0 Å². The first-order valence-electron chi connectivity index (χ1n) is 7.78. The Morgan fingerprint density at radius 2 is 1.87 bits per heavy atom. The summed E-state index contributed by atoms with van der Waals surface area (Å²) in [5, 5.41) is 10.5. The maximum atomic E-state index is 12.0. The molecule has 0 saturated carbocycles. The molecule has 120 valence electrons. The molecule has 23 heavy (non-hydrogen) atoms. The summed E-state index contributed by atoms with van der Waals surface area (Å²) in [6.07, 6.45) is 4.03. The molecule has 1 aliphatic heterocycles. The molecule has 0 unspecified atom stereocenters. The molecule has 2 amide bonds. The van der Waals surface area contributed by atoms with E-state index in [4.69, 9.17) is 0 Å². The number of hydrogen-bond donors (Lipinski definition) is 1. The Hall–Kier alpha value is -2.70. The molecule has 7 nitrogen and oxygen atoms in total. The SMILES string of the molecule is O=C(NCCC(=O)N1CCCC1)c1cn(-c2ccccc2)nn1. The van der Waals surface area contributed by atoms with Gasteiger partial charge in [0.15, 0.2) is 5.69 Å². The summed E-state index contributed by atoms with van der Waals surface area (Å²) < 4.78 is 1.55. The van der Waals surface area contributed by atoms with Gasteiger partial charge in [0.05, 0.1) is 11.9 Å². The number of amides is 2. The molecule has 1 fully saturated rings. The summed E-state index contributed by atoms with van der Waals surface area (Å²) >= 11 is 0. The minimum Gasteiger partial charge on any atom is -0.350 e. The van der Waals surface area contributed by atoms with Crippen molar-refractivity contribution in [1.82, 2.24) is 25.2 Å². The van der Waals surface area contributed by atoms with Gasteiger partial charge in [-0.1, -0.05) is 23.4 Å². The molecule has 1 N–H and O–H groups in total. The van der Waals surface area contributed by atoms with Gasteiger partial charge in [-0.15, -0.1) is 5.10 Å². The van der Waals surface area contributed by atoms with E-state index in [0.29, 0.717) is 13.0 Å². The van der Waals surface area contributed by atoms with Crippen molar-refractivity contribution in [3.63, 3.8) is 0 Å². The normalized spacial score (nSPS) is 14.0. The van der Waals surface area contributed by atoms with Crippen molar-refractivity contribution in [1.29, 1.82) is 0 Å². The van der Waals surface area contributed by atoms with Gasteiger partial charge in [-0.05, 0) is 25.0 Å². The largest absolute Gasteiger partial charge is 0.350 e. The van der Waals surface area contributed by atoms with E-state index >= 15 is 0 Å². The molecule has 1 saturated heterocycles. The van der Waals surface area contributed by atoms with E-state index in [2.05, 4.69) is 15.6 Å². The fourth-order valence-electron chi connectivity index (χ4n) is 2.57. The van der Waals surface area contributed by atoms with Crippen LogP contribution in [0, 0.1) is 0 Å². The van der Waals surface area contributed by atoms with E-state index in [1.807, 2.05) is 35.2 Å². The highest BCUT2D eigenvalue weighted by molar-refractivity contribution is 5.92. The van der Waals surface area contributed by atoms with Gasteiger partial charge >= 0.3 is 0 Å². The number of aromatic nitrogens is 3. The van der Waals surface area contributed by atoms with Crippen molar-refractivity contribution >= 4 is 11.8 Å². The maximum Gasteiger partial charge on any atom is 0.273 e. The van der Waals surface area contributed by atoms with Gasteiger partial charge < -0.3 is 10.2 Å². The predicted octanol–water partition coefficient (Wildman–Crippen LogP) is 1.01. The summed E-state index contributed by atoms with van der Waals surface area (Å²) in [6.45, 7) is 1.97. The molecule has 0 radical (unpaired) electrons. The fourth-order valence-corrected chi connectivity index (χ4v) is 2.57. The number of carbonyl (C=O) groups is 2. The summed E-state index contributed by atoms with van der Waals surface area (Å²) in [5.41, 5.74) is 1.07. The van der Waals surface area contributed by atoms with Crippen LogP contribution in [0.3, 0.4) is 0 Å². The summed E-state index contributed by atoms with van der Waals surface area (Å²) in [6, 6.07) is 9.45. The van der Waals surface area contributed by atoms with Crippen LogP contribution in [0.4, 0.5) is 0 Å². The lowest BCUT2D eigenvalue weighted by molar-refractivity contribution is -0.129. The highest BCUT2D eigenvalue weighted by Crippen LogP contribution is 2.08. The third kappa shape index (κ3) is 3.74. The third-order valence-electron chi connectivity index (χ3n) is 3.83. The van der Waals surface area contributed by atoms with Crippen molar-refractivity contribution in [3.8, 4) is 5.69 Å². The van der Waals surface area contributed by atoms with Crippen LogP contribution in [0.5, 0.6) is 0 Å². The molecule has 0 bridgehead atoms. The molecule has 0 aliphatic carbocycles. The zero-order valence-electron chi connectivity index (χ0n) is 12.8. The number of para-hydroxylation sites is 1. The highest BCUT2D eigenvalue weighted by atomic mass is 16.2. The molecular weight excluding hydrogens is 294 g/mol. The van der Waals surface area contributed by atoms with E-state index in [0.717, 1.165) is 31.6 Å². The molecular formula is C16H19N5O2. The van der Waals surface area contributed by atoms with Gasteiger partial charge in [-0.3, -0.25) is 9.59 Å². The van der Waals surface area contributed by atoms with Gasteiger partial charge in [-0.2, -0.15) is 0 Å². The highest BCUT2D eigenvalue weighted by Gasteiger charge is 2.18. The van der Waals surface area contributed by atoms with Crippen LogP contribution in [-0.2, 0) is 4.79 Å². The van der Waals surface area contributed by atoms with Crippen LogP contribution in [-0.4, -0.2) is 51.3 Å². The number of nitrogens with one attached hydrogen (secondary N) is 1. The maximum absolute atomic E-state index is 12.0. The average Bonchev–Trinajstić information content (AvgIpc) is 3.27. The predicted molar refractivity (Wildman–Crippen MR) is 84.1 cm³/mol. The van der Waals surface area contributed by atoms with Crippen LogP contribution >= 0.6 is 0 Å². The van der Waals surface area contributed by atoms with Gasteiger partial charge in [0.1, 0.15) is 0 Å². The average molecular weight is 313 g/mol. The van der Waals surface area contributed by atoms with E-state index in [-0.39, 0.29) is 17.5 Å². The van der Waals surface area contributed by atoms with Crippen molar-refractivity contribution < 1.29 is 9.59 Å². The van der Waals surface area contributed by atoms with Crippen molar-refractivity contribution in [2.75, 3.05) is 19.6 Å². The molecule has 7 heteroatoms. The number of likely N-dealkylation sites (tertiary alicyclic amines) is 1. The van der Waals surface area contributed by atoms with Gasteiger partial charge in [-0.25, -0.2) is 4.68 Å². The second-order valence-electron chi connectivity index (χ2n) is 5.48. The van der Waals surface area contributed by atoms with Crippen molar-refractivity contribution in [3.05, 3.63) is 42.2 Å². The first kappa shape index (κ1) is 15.2. The molecule has 1 aromatic carbocycles. The topological polar surface area (TPSA) is 80.1 Å². The third-order valence-corrected chi connectivity index (χ3v) is 3.83. The number of rotatable bonds is 5. The van der Waals surface area contributed by atoms with E-state index in [1.54, 1.807) is 10.9 Å². The van der Waals surface area contributed by atoms with Gasteiger partial charge in [0.25, 0.3) is 5.91 Å². The summed E-state index contributed by atoms with van der Waals surface area (Å²) in [7, 11) is 0. The van der Waals surface area contributed by atoms with Crippen molar-refractivity contribution in [2.45, 2.75) is 19.3 Å². The Morgan fingerprint density at radius 1 is 1.13 bits per heavy atom. The molecule has 3 rings (SSSR count). The summed E-state index contributed by atoms with van der Waals surface area (Å²) in [4.78, 5) is 25.8. The zero-order valence-corrected chi connectivity index (χ0v) is 12.8. The van der Waals surface area contributed by atoms with Gasteiger partial charge in [0, 0.05) is 26.1 Å². The lowest BCUT2D eigenvalue weighted by atomic mass is 10.3. The van der Waals surface area contributed by atoms with Crippen LogP contribution < -0.4 is 5.32 Å². The quantitative estimate of drug-likeness (QED) is 0.893. The second-order valence-corrected chi connectivity index (χ2v) is 5.48. The van der Waals surface area contributed by atoms with E-state index < -0.39 is 0 Å². The molecule has 1 aliphatic rings. The number of carbonyl (C=O) groups excluding carboxylic acids is 2.